The molecular formula is C18H29N3. The van der Waals surface area contributed by atoms with Crippen LogP contribution < -0.4 is 10.6 Å². The summed E-state index contributed by atoms with van der Waals surface area (Å²) in [6.07, 6.45) is 6.63. The number of anilines is 1. The molecule has 1 aromatic carbocycles. The molecular weight excluding hydrogens is 258 g/mol. The maximum atomic E-state index is 6.17. The van der Waals surface area contributed by atoms with Crippen LogP contribution in [0.5, 0.6) is 0 Å². The Bertz CT molecular complexity index is 479. The number of likely N-dealkylation sites (N-methyl/N-ethyl adjacent to an activating group) is 2. The normalized spacial score (nSPS) is 20.3. The third-order valence-corrected chi connectivity index (χ3v) is 5.40. The second kappa shape index (κ2) is 6.37. The summed E-state index contributed by atoms with van der Waals surface area (Å²) in [5.74, 6) is 0. The van der Waals surface area contributed by atoms with Crippen molar-refractivity contribution < 1.29 is 0 Å². The molecule has 21 heavy (non-hydrogen) atoms. The minimum atomic E-state index is 0.384. The second-order valence-electron chi connectivity index (χ2n) is 6.58. The van der Waals surface area contributed by atoms with Crippen LogP contribution in [0.3, 0.4) is 0 Å². The highest BCUT2D eigenvalue weighted by Gasteiger charge is 2.28. The van der Waals surface area contributed by atoms with Gasteiger partial charge in [-0.05, 0) is 43.0 Å². The van der Waals surface area contributed by atoms with Crippen LogP contribution in [0, 0.1) is 0 Å². The van der Waals surface area contributed by atoms with E-state index in [4.69, 9.17) is 5.73 Å². The number of benzene rings is 1. The van der Waals surface area contributed by atoms with Crippen molar-refractivity contribution in [3.05, 3.63) is 29.3 Å². The molecule has 0 spiro atoms. The molecule has 1 unspecified atom stereocenters. The lowest BCUT2D eigenvalue weighted by atomic mass is 9.99. The molecule has 3 heteroatoms. The minimum Gasteiger partial charge on any atom is -0.374 e. The lowest BCUT2D eigenvalue weighted by Gasteiger charge is -2.35. The Morgan fingerprint density at radius 1 is 1.33 bits per heavy atom. The summed E-state index contributed by atoms with van der Waals surface area (Å²) in [4.78, 5) is 5.00. The van der Waals surface area contributed by atoms with Crippen molar-refractivity contribution in [2.75, 3.05) is 31.6 Å². The summed E-state index contributed by atoms with van der Waals surface area (Å²) in [5.41, 5.74) is 10.5. The molecule has 3 rings (SSSR count). The van der Waals surface area contributed by atoms with E-state index in [0.29, 0.717) is 6.04 Å². The predicted octanol–water partition coefficient (Wildman–Crippen LogP) is 2.94. The van der Waals surface area contributed by atoms with Gasteiger partial charge in [0, 0.05) is 37.9 Å². The van der Waals surface area contributed by atoms with Crippen LogP contribution in [0.1, 0.15) is 49.8 Å². The van der Waals surface area contributed by atoms with Gasteiger partial charge in [-0.25, -0.2) is 0 Å². The summed E-state index contributed by atoms with van der Waals surface area (Å²) in [5, 5.41) is 0. The van der Waals surface area contributed by atoms with E-state index in [0.717, 1.165) is 25.7 Å². The Balaban J connectivity index is 1.85. The number of hydrogen-bond donors (Lipinski definition) is 1. The fourth-order valence-electron chi connectivity index (χ4n) is 4.23. The van der Waals surface area contributed by atoms with Crippen LogP contribution in [0.2, 0.25) is 0 Å². The first kappa shape index (κ1) is 14.9. The highest BCUT2D eigenvalue weighted by atomic mass is 15.2. The third-order valence-electron chi connectivity index (χ3n) is 5.40. The number of hydrogen-bond acceptors (Lipinski definition) is 3. The van der Waals surface area contributed by atoms with Gasteiger partial charge in [-0.1, -0.05) is 31.9 Å². The molecule has 0 aromatic heterocycles. The van der Waals surface area contributed by atoms with E-state index in [1.807, 2.05) is 0 Å². The van der Waals surface area contributed by atoms with E-state index in [-0.39, 0.29) is 0 Å². The van der Waals surface area contributed by atoms with Gasteiger partial charge in [0.1, 0.15) is 0 Å². The molecule has 1 aromatic rings. The molecule has 1 fully saturated rings. The molecule has 1 saturated carbocycles. The van der Waals surface area contributed by atoms with Gasteiger partial charge in [0.15, 0.2) is 0 Å². The average molecular weight is 287 g/mol. The number of fused-ring (bicyclic) bond motifs is 1. The molecule has 1 heterocycles. The van der Waals surface area contributed by atoms with Gasteiger partial charge in [-0.3, -0.25) is 4.90 Å². The molecule has 0 amide bonds. The van der Waals surface area contributed by atoms with Gasteiger partial charge in [0.05, 0.1) is 0 Å². The first-order valence-electron chi connectivity index (χ1n) is 8.54. The molecule has 2 N–H and O–H groups in total. The monoisotopic (exact) mass is 287 g/mol. The highest BCUT2D eigenvalue weighted by Crippen LogP contribution is 2.34. The lowest BCUT2D eigenvalue weighted by molar-refractivity contribution is 0.147. The Kier molecular flexibility index (Phi) is 4.51. The smallest absolute Gasteiger partial charge is 0.0473 e. The van der Waals surface area contributed by atoms with Crippen molar-refractivity contribution in [3.8, 4) is 0 Å². The van der Waals surface area contributed by atoms with Crippen LogP contribution >= 0.6 is 0 Å². The number of nitrogens with two attached hydrogens (primary N) is 1. The predicted molar refractivity (Wildman–Crippen MR) is 89.8 cm³/mol. The van der Waals surface area contributed by atoms with Crippen molar-refractivity contribution in [1.29, 1.82) is 0 Å². The Morgan fingerprint density at radius 2 is 2.10 bits per heavy atom. The van der Waals surface area contributed by atoms with Gasteiger partial charge in [0.2, 0.25) is 0 Å². The molecule has 0 bridgehead atoms. The molecule has 3 nitrogen and oxygen atoms in total. The van der Waals surface area contributed by atoms with Gasteiger partial charge >= 0.3 is 0 Å². The summed E-state index contributed by atoms with van der Waals surface area (Å²) >= 11 is 0. The van der Waals surface area contributed by atoms with Crippen LogP contribution in [-0.2, 0) is 6.42 Å². The zero-order chi connectivity index (χ0) is 14.8. The zero-order valence-electron chi connectivity index (χ0n) is 13.5. The molecule has 0 saturated heterocycles. The molecule has 2 aliphatic rings. The first-order chi connectivity index (χ1) is 10.2. The van der Waals surface area contributed by atoms with Crippen LogP contribution in [0.25, 0.3) is 0 Å². The van der Waals surface area contributed by atoms with Crippen LogP contribution in [0.4, 0.5) is 5.69 Å². The molecule has 1 aliphatic carbocycles. The standard InChI is InChI=1S/C18H29N3/c1-3-21(16-6-4-5-7-16)18(13-19)14-8-9-17-15(12-14)10-11-20(17)2/h8-9,12,16,18H,3-7,10-11,13,19H2,1-2H3. The lowest BCUT2D eigenvalue weighted by Crippen LogP contribution is -2.40. The van der Waals surface area contributed by atoms with Crippen molar-refractivity contribution in [1.82, 2.24) is 4.90 Å². The minimum absolute atomic E-state index is 0.384. The van der Waals surface area contributed by atoms with E-state index in [1.165, 1.54) is 48.9 Å². The van der Waals surface area contributed by atoms with Gasteiger partial charge < -0.3 is 10.6 Å². The topological polar surface area (TPSA) is 32.5 Å². The van der Waals surface area contributed by atoms with E-state index in [9.17, 15) is 0 Å². The molecule has 116 valence electrons. The maximum absolute atomic E-state index is 6.17. The zero-order valence-corrected chi connectivity index (χ0v) is 13.5. The van der Waals surface area contributed by atoms with Crippen LogP contribution in [-0.4, -0.2) is 37.6 Å². The highest BCUT2D eigenvalue weighted by molar-refractivity contribution is 5.58. The van der Waals surface area contributed by atoms with Crippen molar-refractivity contribution in [3.63, 3.8) is 0 Å². The maximum Gasteiger partial charge on any atom is 0.0473 e. The Hall–Kier alpha value is -1.06. The van der Waals surface area contributed by atoms with Gasteiger partial charge in [-0.15, -0.1) is 0 Å². The number of nitrogens with zero attached hydrogens (tertiary/aromatic N) is 2. The first-order valence-corrected chi connectivity index (χ1v) is 8.54. The quantitative estimate of drug-likeness (QED) is 0.904. The van der Waals surface area contributed by atoms with Crippen LogP contribution in [0.15, 0.2) is 18.2 Å². The third kappa shape index (κ3) is 2.82. The second-order valence-corrected chi connectivity index (χ2v) is 6.58. The van der Waals surface area contributed by atoms with Gasteiger partial charge in [0.25, 0.3) is 0 Å². The average Bonchev–Trinajstić information content (AvgIpc) is 3.15. The Labute approximate surface area is 129 Å². The summed E-state index contributed by atoms with van der Waals surface area (Å²) in [7, 11) is 2.18. The number of rotatable bonds is 5. The fraction of sp³-hybridized carbons (Fsp3) is 0.667. The Morgan fingerprint density at radius 3 is 2.76 bits per heavy atom. The van der Waals surface area contributed by atoms with E-state index in [1.54, 1.807) is 0 Å². The van der Waals surface area contributed by atoms with E-state index >= 15 is 0 Å². The SMILES string of the molecule is CCN(C1CCCC1)C(CN)c1ccc2c(c1)CCN2C. The van der Waals surface area contributed by atoms with Crippen molar-refractivity contribution in [2.45, 2.75) is 51.1 Å². The summed E-state index contributed by atoms with van der Waals surface area (Å²) in [6, 6.07) is 8.13. The van der Waals surface area contributed by atoms with Gasteiger partial charge in [-0.2, -0.15) is 0 Å². The fourth-order valence-corrected chi connectivity index (χ4v) is 4.23. The molecule has 0 radical (unpaired) electrons. The molecule has 1 atom stereocenters. The summed E-state index contributed by atoms with van der Waals surface area (Å²) in [6.45, 7) is 5.25. The van der Waals surface area contributed by atoms with Crippen molar-refractivity contribution in [2.24, 2.45) is 5.73 Å². The van der Waals surface area contributed by atoms with Crippen molar-refractivity contribution >= 4 is 5.69 Å². The largest absolute Gasteiger partial charge is 0.374 e. The van der Waals surface area contributed by atoms with E-state index < -0.39 is 0 Å². The molecule has 1 aliphatic heterocycles. The summed E-state index contributed by atoms with van der Waals surface area (Å²) < 4.78 is 0. The van der Waals surface area contributed by atoms with E-state index in [2.05, 4.69) is 42.0 Å².